The number of nitrogens with zero attached hydrogens (tertiary/aromatic N) is 1. The minimum absolute atomic E-state index is 0.00276. The molecule has 1 unspecified atom stereocenters. The van der Waals surface area contributed by atoms with Crippen LogP contribution in [0.4, 0.5) is 5.82 Å². The maximum Gasteiger partial charge on any atom is 0.354 e. The summed E-state index contributed by atoms with van der Waals surface area (Å²) in [4.78, 5) is 14.7. The molecule has 0 amide bonds. The number of carbonyl (C=O) groups is 1. The van der Waals surface area contributed by atoms with Gasteiger partial charge in [0.1, 0.15) is 5.82 Å². The van der Waals surface area contributed by atoms with Crippen molar-refractivity contribution in [3.8, 4) is 0 Å². The van der Waals surface area contributed by atoms with Crippen molar-refractivity contribution in [2.24, 2.45) is 5.92 Å². The van der Waals surface area contributed by atoms with Crippen LogP contribution in [0.3, 0.4) is 0 Å². The third kappa shape index (κ3) is 4.00. The van der Waals surface area contributed by atoms with Gasteiger partial charge in [-0.1, -0.05) is 32.8 Å². The number of aromatic carboxylic acids is 1. The lowest BCUT2D eigenvalue weighted by Gasteiger charge is -2.20. The standard InChI is InChI=1S/C13H20N2O3/c1-3-9(4-2)11(16)8-14-12-7-5-6-10(15-12)13(17)18/h5-7,9,11,16H,3-4,8H2,1-2H3,(H,14,15)(H,17,18). The van der Waals surface area contributed by atoms with E-state index in [0.29, 0.717) is 12.4 Å². The molecule has 0 bridgehead atoms. The van der Waals surface area contributed by atoms with Crippen LogP contribution in [0.25, 0.3) is 0 Å². The number of aromatic nitrogens is 1. The fourth-order valence-electron chi connectivity index (χ4n) is 1.86. The Morgan fingerprint density at radius 3 is 2.61 bits per heavy atom. The Morgan fingerprint density at radius 1 is 1.39 bits per heavy atom. The summed E-state index contributed by atoms with van der Waals surface area (Å²) >= 11 is 0. The highest BCUT2D eigenvalue weighted by Gasteiger charge is 2.15. The zero-order chi connectivity index (χ0) is 13.5. The minimum atomic E-state index is -1.06. The number of nitrogens with one attached hydrogen (secondary N) is 1. The van der Waals surface area contributed by atoms with Gasteiger partial charge in [-0.25, -0.2) is 9.78 Å². The van der Waals surface area contributed by atoms with E-state index in [0.717, 1.165) is 12.8 Å². The normalized spacial score (nSPS) is 12.4. The van der Waals surface area contributed by atoms with Crippen molar-refractivity contribution in [2.45, 2.75) is 32.8 Å². The van der Waals surface area contributed by atoms with Crippen molar-refractivity contribution in [1.82, 2.24) is 4.98 Å². The highest BCUT2D eigenvalue weighted by Crippen LogP contribution is 2.14. The lowest BCUT2D eigenvalue weighted by molar-refractivity contribution is 0.0690. The van der Waals surface area contributed by atoms with Gasteiger partial charge in [-0.15, -0.1) is 0 Å². The third-order valence-corrected chi connectivity index (χ3v) is 3.05. The molecule has 18 heavy (non-hydrogen) atoms. The van der Waals surface area contributed by atoms with E-state index in [1.54, 1.807) is 12.1 Å². The van der Waals surface area contributed by atoms with E-state index in [1.807, 2.05) is 13.8 Å². The number of anilines is 1. The van der Waals surface area contributed by atoms with Crippen molar-refractivity contribution in [3.05, 3.63) is 23.9 Å². The molecule has 0 saturated carbocycles. The fraction of sp³-hybridized carbons (Fsp3) is 0.538. The molecule has 0 aliphatic rings. The first-order valence-electron chi connectivity index (χ1n) is 6.20. The van der Waals surface area contributed by atoms with E-state index in [1.165, 1.54) is 6.07 Å². The topological polar surface area (TPSA) is 82.5 Å². The average Bonchev–Trinajstić information content (AvgIpc) is 2.38. The van der Waals surface area contributed by atoms with E-state index in [4.69, 9.17) is 5.11 Å². The van der Waals surface area contributed by atoms with Crippen molar-refractivity contribution in [2.75, 3.05) is 11.9 Å². The molecule has 1 rings (SSSR count). The van der Waals surface area contributed by atoms with Crippen molar-refractivity contribution in [3.63, 3.8) is 0 Å². The monoisotopic (exact) mass is 252 g/mol. The molecule has 3 N–H and O–H groups in total. The number of aliphatic hydroxyl groups is 1. The van der Waals surface area contributed by atoms with E-state index in [2.05, 4.69) is 10.3 Å². The number of aliphatic hydroxyl groups excluding tert-OH is 1. The molecule has 0 spiro atoms. The molecular weight excluding hydrogens is 232 g/mol. The molecule has 0 saturated heterocycles. The van der Waals surface area contributed by atoms with E-state index >= 15 is 0 Å². The summed E-state index contributed by atoms with van der Waals surface area (Å²) in [6.45, 7) is 4.46. The molecule has 1 atom stereocenters. The van der Waals surface area contributed by atoms with Gasteiger partial charge in [-0.05, 0) is 18.1 Å². The summed E-state index contributed by atoms with van der Waals surface area (Å²) in [6.07, 6.45) is 1.39. The SMILES string of the molecule is CCC(CC)C(O)CNc1cccc(C(=O)O)n1. The van der Waals surface area contributed by atoms with Crippen LogP contribution < -0.4 is 5.32 Å². The van der Waals surface area contributed by atoms with Gasteiger partial charge in [0, 0.05) is 6.54 Å². The number of pyridine rings is 1. The van der Waals surface area contributed by atoms with Crippen LogP contribution in [0.2, 0.25) is 0 Å². The highest BCUT2D eigenvalue weighted by atomic mass is 16.4. The molecule has 0 aliphatic heterocycles. The van der Waals surface area contributed by atoms with Gasteiger partial charge < -0.3 is 15.5 Å². The van der Waals surface area contributed by atoms with Crippen LogP contribution >= 0.6 is 0 Å². The molecular formula is C13H20N2O3. The van der Waals surface area contributed by atoms with Gasteiger partial charge in [0.05, 0.1) is 6.10 Å². The average molecular weight is 252 g/mol. The number of carboxylic acid groups (broad SMARTS) is 1. The van der Waals surface area contributed by atoms with E-state index in [9.17, 15) is 9.90 Å². The predicted molar refractivity (Wildman–Crippen MR) is 69.8 cm³/mol. The van der Waals surface area contributed by atoms with Crippen LogP contribution in [0.1, 0.15) is 37.2 Å². The Morgan fingerprint density at radius 2 is 2.06 bits per heavy atom. The molecule has 5 heteroatoms. The van der Waals surface area contributed by atoms with Crippen LogP contribution in [-0.4, -0.2) is 33.8 Å². The predicted octanol–water partition coefficient (Wildman–Crippen LogP) is 1.99. The second kappa shape index (κ2) is 6.96. The van der Waals surface area contributed by atoms with Crippen molar-refractivity contribution in [1.29, 1.82) is 0 Å². The highest BCUT2D eigenvalue weighted by molar-refractivity contribution is 5.85. The Labute approximate surface area is 107 Å². The Kier molecular flexibility index (Phi) is 5.58. The molecule has 1 heterocycles. The molecule has 0 aromatic carbocycles. The van der Waals surface area contributed by atoms with Gasteiger partial charge in [0.15, 0.2) is 5.69 Å². The van der Waals surface area contributed by atoms with Crippen molar-refractivity contribution >= 4 is 11.8 Å². The first kappa shape index (κ1) is 14.4. The number of carboxylic acids is 1. The van der Waals surface area contributed by atoms with Crippen LogP contribution in [0.15, 0.2) is 18.2 Å². The lowest BCUT2D eigenvalue weighted by atomic mass is 9.97. The molecule has 0 aliphatic carbocycles. The fourth-order valence-corrected chi connectivity index (χ4v) is 1.86. The van der Waals surface area contributed by atoms with E-state index in [-0.39, 0.29) is 11.6 Å². The Balaban J connectivity index is 2.58. The second-order valence-electron chi connectivity index (χ2n) is 4.24. The number of hydrogen-bond acceptors (Lipinski definition) is 4. The summed E-state index contributed by atoms with van der Waals surface area (Å²) < 4.78 is 0. The third-order valence-electron chi connectivity index (χ3n) is 3.05. The van der Waals surface area contributed by atoms with Crippen molar-refractivity contribution < 1.29 is 15.0 Å². The van der Waals surface area contributed by atoms with Crippen LogP contribution in [-0.2, 0) is 0 Å². The maximum absolute atomic E-state index is 10.8. The molecule has 1 aromatic rings. The van der Waals surface area contributed by atoms with Gasteiger partial charge in [-0.2, -0.15) is 0 Å². The summed E-state index contributed by atoms with van der Waals surface area (Å²) in [5.41, 5.74) is -0.00276. The smallest absolute Gasteiger partial charge is 0.354 e. The molecule has 1 aromatic heterocycles. The van der Waals surface area contributed by atoms with Gasteiger partial charge in [0.25, 0.3) is 0 Å². The van der Waals surface area contributed by atoms with Gasteiger partial charge >= 0.3 is 5.97 Å². The molecule has 0 radical (unpaired) electrons. The first-order valence-corrected chi connectivity index (χ1v) is 6.20. The Bertz CT molecular complexity index is 392. The van der Waals surface area contributed by atoms with Crippen LogP contribution in [0, 0.1) is 5.92 Å². The molecule has 100 valence electrons. The summed E-state index contributed by atoms with van der Waals surface area (Å²) in [5.74, 6) is -0.334. The number of rotatable bonds is 7. The van der Waals surface area contributed by atoms with E-state index < -0.39 is 12.1 Å². The summed E-state index contributed by atoms with van der Waals surface area (Å²) in [7, 11) is 0. The number of hydrogen-bond donors (Lipinski definition) is 3. The molecule has 5 nitrogen and oxygen atoms in total. The quantitative estimate of drug-likeness (QED) is 0.691. The summed E-state index contributed by atoms with van der Waals surface area (Å²) in [5, 5.41) is 21.7. The zero-order valence-electron chi connectivity index (χ0n) is 10.8. The second-order valence-corrected chi connectivity index (χ2v) is 4.24. The maximum atomic E-state index is 10.8. The first-order chi connectivity index (χ1) is 8.58. The van der Waals surface area contributed by atoms with Gasteiger partial charge in [0.2, 0.25) is 0 Å². The largest absolute Gasteiger partial charge is 0.477 e. The molecule has 0 fully saturated rings. The van der Waals surface area contributed by atoms with Gasteiger partial charge in [-0.3, -0.25) is 0 Å². The van der Waals surface area contributed by atoms with Crippen LogP contribution in [0.5, 0.6) is 0 Å². The summed E-state index contributed by atoms with van der Waals surface area (Å²) in [6, 6.07) is 4.75. The minimum Gasteiger partial charge on any atom is -0.477 e. The lowest BCUT2D eigenvalue weighted by Crippen LogP contribution is -2.28. The zero-order valence-corrected chi connectivity index (χ0v) is 10.8. The Hall–Kier alpha value is -1.62.